The van der Waals surface area contributed by atoms with Gasteiger partial charge in [-0.15, -0.1) is 0 Å². The second kappa shape index (κ2) is 8.02. The molecule has 0 aliphatic heterocycles. The number of carbonyl (C=O) groups excluding carboxylic acids is 4. The number of benzene rings is 2. The number of allylic oxidation sites excluding steroid dienone is 4. The van der Waals surface area contributed by atoms with E-state index >= 15 is 0 Å². The topological polar surface area (TPSA) is 68.3 Å². The van der Waals surface area contributed by atoms with Gasteiger partial charge in [-0.3, -0.25) is 19.2 Å². The van der Waals surface area contributed by atoms with Crippen molar-refractivity contribution >= 4 is 69.5 Å². The summed E-state index contributed by atoms with van der Waals surface area (Å²) in [4.78, 5) is 50.2. The predicted molar refractivity (Wildman–Crippen MR) is 108 cm³/mol. The average Bonchev–Trinajstić information content (AvgIpc) is 2.66. The first-order chi connectivity index (χ1) is 13.2. The number of hydrogen-bond acceptors (Lipinski definition) is 4. The van der Waals surface area contributed by atoms with Gasteiger partial charge in [0.15, 0.2) is 23.1 Å². The van der Waals surface area contributed by atoms with Crippen molar-refractivity contribution in [3.05, 3.63) is 90.9 Å². The minimum Gasteiger partial charge on any atom is -0.289 e. The van der Waals surface area contributed by atoms with E-state index in [1.807, 2.05) is 0 Å². The summed E-state index contributed by atoms with van der Waals surface area (Å²) in [5.41, 5.74) is -0.879. The summed E-state index contributed by atoms with van der Waals surface area (Å²) in [6.07, 6.45) is 1.63. The maximum Gasteiger partial charge on any atom is 0.198 e. The molecule has 0 aromatic heterocycles. The normalized spacial score (nSPS) is 13.9. The van der Waals surface area contributed by atoms with Gasteiger partial charge in [0.1, 0.15) is 0 Å². The lowest BCUT2D eigenvalue weighted by Gasteiger charge is -2.12. The second-order valence-electron chi connectivity index (χ2n) is 5.75. The Labute approximate surface area is 179 Å². The van der Waals surface area contributed by atoms with Crippen LogP contribution in [0.3, 0.4) is 0 Å². The van der Waals surface area contributed by atoms with Crippen LogP contribution in [0.5, 0.6) is 0 Å². The SMILES string of the molecule is O=C1C=C(C(=O)c2cc(Cl)ccc2Cl)C(=O)C=C1C(=O)c1cc(Cl)ccc1Cl. The van der Waals surface area contributed by atoms with Gasteiger partial charge < -0.3 is 0 Å². The van der Waals surface area contributed by atoms with Gasteiger partial charge >= 0.3 is 0 Å². The monoisotopic (exact) mass is 452 g/mol. The fourth-order valence-electron chi connectivity index (χ4n) is 2.55. The molecule has 0 saturated carbocycles. The molecule has 0 saturated heterocycles. The zero-order chi connectivity index (χ0) is 20.6. The van der Waals surface area contributed by atoms with Crippen LogP contribution < -0.4 is 0 Å². The number of carbonyl (C=O) groups is 4. The Morgan fingerprint density at radius 2 is 0.964 bits per heavy atom. The summed E-state index contributed by atoms with van der Waals surface area (Å²) in [7, 11) is 0. The van der Waals surface area contributed by atoms with Crippen molar-refractivity contribution in [1.82, 2.24) is 0 Å². The molecule has 0 bridgehead atoms. The fourth-order valence-corrected chi connectivity index (χ4v) is 3.30. The first-order valence-corrected chi connectivity index (χ1v) is 9.22. The maximum atomic E-state index is 12.6. The Balaban J connectivity index is 1.96. The molecule has 0 fully saturated rings. The lowest BCUT2D eigenvalue weighted by molar-refractivity contribution is -0.114. The summed E-state index contributed by atoms with van der Waals surface area (Å²) in [5.74, 6) is -3.15. The predicted octanol–water partition coefficient (Wildman–Crippen LogP) is 5.37. The number of halogens is 4. The van der Waals surface area contributed by atoms with Gasteiger partial charge in [0.05, 0.1) is 21.2 Å². The van der Waals surface area contributed by atoms with E-state index in [1.165, 1.54) is 36.4 Å². The Bertz CT molecular complexity index is 1040. The van der Waals surface area contributed by atoms with Crippen LogP contribution in [0.1, 0.15) is 20.7 Å². The molecule has 0 radical (unpaired) electrons. The van der Waals surface area contributed by atoms with Crippen LogP contribution >= 0.6 is 46.4 Å². The fraction of sp³-hybridized carbons (Fsp3) is 0. The zero-order valence-electron chi connectivity index (χ0n) is 13.8. The van der Waals surface area contributed by atoms with Crippen molar-refractivity contribution in [3.8, 4) is 0 Å². The van der Waals surface area contributed by atoms with E-state index in [4.69, 9.17) is 46.4 Å². The molecule has 0 atom stereocenters. The molecule has 0 amide bonds. The third kappa shape index (κ3) is 3.96. The summed E-state index contributed by atoms with van der Waals surface area (Å²) in [6, 6.07) is 8.35. The summed E-state index contributed by atoms with van der Waals surface area (Å²) in [6.45, 7) is 0. The standard InChI is InChI=1S/C20H8Cl4O4/c21-9-1-3-15(23)11(5-9)19(27)13-7-18(26)14(8-17(13)25)20(28)12-6-10(22)2-4-16(12)24/h1-8H. The molecule has 28 heavy (non-hydrogen) atoms. The van der Waals surface area contributed by atoms with Crippen molar-refractivity contribution in [2.45, 2.75) is 0 Å². The molecular formula is C20H8Cl4O4. The maximum absolute atomic E-state index is 12.6. The number of hydrogen-bond donors (Lipinski definition) is 0. The highest BCUT2D eigenvalue weighted by Crippen LogP contribution is 2.28. The second-order valence-corrected chi connectivity index (χ2v) is 7.44. The lowest BCUT2D eigenvalue weighted by atomic mass is 9.88. The van der Waals surface area contributed by atoms with Crippen molar-refractivity contribution in [1.29, 1.82) is 0 Å². The molecule has 0 heterocycles. The van der Waals surface area contributed by atoms with Gasteiger partial charge in [0, 0.05) is 33.3 Å². The quantitative estimate of drug-likeness (QED) is 0.354. The van der Waals surface area contributed by atoms with Gasteiger partial charge in [-0.2, -0.15) is 0 Å². The van der Waals surface area contributed by atoms with Crippen LogP contribution in [0, 0.1) is 0 Å². The van der Waals surface area contributed by atoms with Crippen LogP contribution in [0.4, 0.5) is 0 Å². The first kappa shape index (κ1) is 20.5. The molecule has 1 aliphatic rings. The van der Waals surface area contributed by atoms with E-state index in [0.29, 0.717) is 0 Å². The van der Waals surface area contributed by atoms with Crippen LogP contribution in [0.25, 0.3) is 0 Å². The third-order valence-corrected chi connectivity index (χ3v) is 5.05. The van der Waals surface area contributed by atoms with Gasteiger partial charge in [-0.05, 0) is 36.4 Å². The Hall–Kier alpha value is -2.24. The molecular weight excluding hydrogens is 446 g/mol. The Morgan fingerprint density at radius 3 is 1.32 bits per heavy atom. The van der Waals surface area contributed by atoms with Gasteiger partial charge in [-0.25, -0.2) is 0 Å². The van der Waals surface area contributed by atoms with Gasteiger partial charge in [-0.1, -0.05) is 46.4 Å². The zero-order valence-corrected chi connectivity index (χ0v) is 16.8. The Morgan fingerprint density at radius 1 is 0.607 bits per heavy atom. The molecule has 140 valence electrons. The van der Waals surface area contributed by atoms with E-state index < -0.39 is 34.3 Å². The molecule has 2 aromatic carbocycles. The highest BCUT2D eigenvalue weighted by Gasteiger charge is 2.31. The summed E-state index contributed by atoms with van der Waals surface area (Å²) >= 11 is 23.7. The summed E-state index contributed by atoms with van der Waals surface area (Å²) < 4.78 is 0. The number of rotatable bonds is 4. The number of ketones is 4. The van der Waals surface area contributed by atoms with Gasteiger partial charge in [0.2, 0.25) is 0 Å². The van der Waals surface area contributed by atoms with Crippen molar-refractivity contribution in [2.24, 2.45) is 0 Å². The lowest BCUT2D eigenvalue weighted by Crippen LogP contribution is -2.23. The van der Waals surface area contributed by atoms with E-state index in [0.717, 1.165) is 12.2 Å². The van der Waals surface area contributed by atoms with Crippen LogP contribution in [-0.4, -0.2) is 23.1 Å². The molecule has 0 unspecified atom stereocenters. The van der Waals surface area contributed by atoms with Crippen molar-refractivity contribution in [2.75, 3.05) is 0 Å². The van der Waals surface area contributed by atoms with Gasteiger partial charge in [0.25, 0.3) is 0 Å². The summed E-state index contributed by atoms with van der Waals surface area (Å²) in [5, 5.41) is 0.633. The largest absolute Gasteiger partial charge is 0.289 e. The molecule has 0 N–H and O–H groups in total. The number of Topliss-reactive ketones (excluding diaryl/α,β-unsaturated/α-hetero) is 2. The van der Waals surface area contributed by atoms with E-state index in [2.05, 4.69) is 0 Å². The van der Waals surface area contributed by atoms with Crippen LogP contribution in [-0.2, 0) is 9.59 Å². The van der Waals surface area contributed by atoms with Crippen molar-refractivity contribution in [3.63, 3.8) is 0 Å². The molecule has 0 spiro atoms. The average molecular weight is 454 g/mol. The van der Waals surface area contributed by atoms with E-state index in [-0.39, 0.29) is 31.2 Å². The highest BCUT2D eigenvalue weighted by atomic mass is 35.5. The Kier molecular flexibility index (Phi) is 5.87. The van der Waals surface area contributed by atoms with Crippen LogP contribution in [0.2, 0.25) is 20.1 Å². The van der Waals surface area contributed by atoms with E-state index in [9.17, 15) is 19.2 Å². The first-order valence-electron chi connectivity index (χ1n) is 7.70. The smallest absolute Gasteiger partial charge is 0.198 e. The highest BCUT2D eigenvalue weighted by molar-refractivity contribution is 6.45. The molecule has 1 aliphatic carbocycles. The minimum atomic E-state index is -0.804. The van der Waals surface area contributed by atoms with E-state index in [1.54, 1.807) is 0 Å². The van der Waals surface area contributed by atoms with Crippen LogP contribution in [0.15, 0.2) is 59.7 Å². The van der Waals surface area contributed by atoms with Crippen molar-refractivity contribution < 1.29 is 19.2 Å². The minimum absolute atomic E-state index is 0.0253. The molecule has 8 heteroatoms. The molecule has 3 rings (SSSR count). The molecule has 4 nitrogen and oxygen atoms in total. The third-order valence-electron chi connectivity index (χ3n) is 3.92. The molecule has 2 aromatic rings.